The maximum absolute atomic E-state index is 13.9. The number of ether oxygens (including phenoxy) is 1. The van der Waals surface area contributed by atoms with E-state index in [4.69, 9.17) is 4.74 Å². The second-order valence-electron chi connectivity index (χ2n) is 14.9. The molecule has 40 heavy (non-hydrogen) atoms. The Morgan fingerprint density at radius 1 is 0.650 bits per heavy atom. The van der Waals surface area contributed by atoms with Crippen LogP contribution in [0.5, 0.6) is 11.5 Å². The average molecular weight is 539 g/mol. The number of hydrogen-bond acceptors (Lipinski definition) is 3. The van der Waals surface area contributed by atoms with Crippen LogP contribution in [0.1, 0.15) is 82.6 Å². The van der Waals surface area contributed by atoms with E-state index in [1.807, 2.05) is 49.4 Å². The predicted molar refractivity (Wildman–Crippen MR) is 156 cm³/mol. The summed E-state index contributed by atoms with van der Waals surface area (Å²) in [6.07, 6.45) is 14.0. The highest BCUT2D eigenvalue weighted by atomic mass is 16.5. The summed E-state index contributed by atoms with van der Waals surface area (Å²) in [5.41, 5.74) is 2.01. The summed E-state index contributed by atoms with van der Waals surface area (Å²) in [5, 5.41) is 6.64. The topological polar surface area (TPSA) is 67.4 Å². The van der Waals surface area contributed by atoms with Gasteiger partial charge in [-0.3, -0.25) is 9.59 Å². The lowest BCUT2D eigenvalue weighted by atomic mass is 9.49. The van der Waals surface area contributed by atoms with Crippen molar-refractivity contribution in [3.8, 4) is 11.5 Å². The van der Waals surface area contributed by atoms with E-state index >= 15 is 0 Å². The fourth-order valence-electron chi connectivity index (χ4n) is 10.9. The van der Waals surface area contributed by atoms with Crippen molar-refractivity contribution >= 4 is 23.2 Å². The van der Waals surface area contributed by atoms with Gasteiger partial charge >= 0.3 is 0 Å². The molecule has 0 spiro atoms. The predicted octanol–water partition coefficient (Wildman–Crippen LogP) is 8.10. The first-order valence-electron chi connectivity index (χ1n) is 15.8. The Labute approximate surface area is 237 Å². The Kier molecular flexibility index (Phi) is 5.67. The summed E-state index contributed by atoms with van der Waals surface area (Å²) >= 11 is 0. The number of carbonyl (C=O) groups excluding carboxylic acids is 2. The molecule has 8 saturated carbocycles. The zero-order chi connectivity index (χ0) is 27.1. The lowest BCUT2D eigenvalue weighted by molar-refractivity contribution is -0.140. The van der Waals surface area contributed by atoms with E-state index in [-0.39, 0.29) is 22.6 Å². The zero-order valence-electron chi connectivity index (χ0n) is 23.7. The molecule has 0 unspecified atom stereocenters. The van der Waals surface area contributed by atoms with Crippen LogP contribution in [0.3, 0.4) is 0 Å². The van der Waals surface area contributed by atoms with Crippen LogP contribution in [-0.2, 0) is 9.59 Å². The van der Waals surface area contributed by atoms with Gasteiger partial charge in [-0.25, -0.2) is 0 Å². The Balaban J connectivity index is 1.08. The largest absolute Gasteiger partial charge is 0.457 e. The van der Waals surface area contributed by atoms with E-state index < -0.39 is 0 Å². The van der Waals surface area contributed by atoms with Crippen LogP contribution in [0.4, 0.5) is 11.4 Å². The van der Waals surface area contributed by atoms with E-state index in [1.165, 1.54) is 38.5 Å². The quantitative estimate of drug-likeness (QED) is 0.390. The molecular formula is C35H42N2O3. The van der Waals surface area contributed by atoms with Gasteiger partial charge in [0.1, 0.15) is 11.5 Å². The van der Waals surface area contributed by atoms with Crippen LogP contribution in [0.15, 0.2) is 42.5 Å². The van der Waals surface area contributed by atoms with Crippen molar-refractivity contribution in [3.63, 3.8) is 0 Å². The first kappa shape index (κ1) is 24.9. The number of carbonyl (C=O) groups is 2. The Morgan fingerprint density at radius 3 is 1.45 bits per heavy atom. The van der Waals surface area contributed by atoms with Crippen molar-refractivity contribution in [2.75, 3.05) is 10.6 Å². The molecule has 0 heterocycles. The van der Waals surface area contributed by atoms with Gasteiger partial charge in [0.05, 0.1) is 10.8 Å². The molecule has 8 fully saturated rings. The van der Waals surface area contributed by atoms with Crippen LogP contribution >= 0.6 is 0 Å². The number of rotatable bonds is 6. The van der Waals surface area contributed by atoms with Crippen molar-refractivity contribution in [1.29, 1.82) is 0 Å². The Hall–Kier alpha value is -2.82. The number of anilines is 2. The van der Waals surface area contributed by atoms with Crippen molar-refractivity contribution < 1.29 is 14.3 Å². The monoisotopic (exact) mass is 538 g/mol. The fraction of sp³-hybridized carbons (Fsp3) is 0.600. The zero-order valence-corrected chi connectivity index (χ0v) is 23.7. The normalized spacial score (nSPS) is 38.3. The van der Waals surface area contributed by atoms with E-state index in [9.17, 15) is 9.59 Å². The lowest BCUT2D eigenvalue weighted by Crippen LogP contribution is -2.52. The Bertz CT molecular complexity index is 1220. The van der Waals surface area contributed by atoms with E-state index in [0.717, 1.165) is 49.8 Å². The molecule has 2 amide bonds. The van der Waals surface area contributed by atoms with Gasteiger partial charge in [-0.05, 0) is 137 Å². The van der Waals surface area contributed by atoms with Gasteiger partial charge in [0.2, 0.25) is 11.8 Å². The second kappa shape index (κ2) is 9.09. The molecule has 210 valence electrons. The van der Waals surface area contributed by atoms with E-state index in [0.29, 0.717) is 52.6 Å². The molecule has 2 N–H and O–H groups in total. The average Bonchev–Trinajstić information content (AvgIpc) is 2.88. The lowest BCUT2D eigenvalue weighted by Gasteiger charge is -2.55. The smallest absolute Gasteiger partial charge is 0.230 e. The molecule has 0 atom stereocenters. The van der Waals surface area contributed by atoms with E-state index in [1.54, 1.807) is 0 Å². The molecule has 5 heteroatoms. The van der Waals surface area contributed by atoms with Crippen LogP contribution in [0.25, 0.3) is 0 Å². The number of benzene rings is 2. The van der Waals surface area contributed by atoms with Crippen LogP contribution in [0, 0.1) is 53.3 Å². The number of amides is 2. The molecular weight excluding hydrogens is 496 g/mol. The number of aryl methyl sites for hydroxylation is 1. The SMILES string of the molecule is Cc1ccccc1Oc1cc(NC(=O)C23CC4CC(CC(C4)C2)C3)cc(NC(=O)C23CC4CC(CC(C4)C2)C3)c1. The summed E-state index contributed by atoms with van der Waals surface area (Å²) in [6, 6.07) is 13.8. The minimum atomic E-state index is -0.232. The van der Waals surface area contributed by atoms with Crippen molar-refractivity contribution in [1.82, 2.24) is 0 Å². The van der Waals surface area contributed by atoms with Crippen molar-refractivity contribution in [3.05, 3.63) is 48.0 Å². The Morgan fingerprint density at radius 2 is 1.05 bits per heavy atom. The van der Waals surface area contributed by atoms with E-state index in [2.05, 4.69) is 10.6 Å². The molecule has 0 aliphatic heterocycles. The summed E-state index contributed by atoms with van der Waals surface area (Å²) < 4.78 is 6.35. The second-order valence-corrected chi connectivity index (χ2v) is 14.9. The van der Waals surface area contributed by atoms with Gasteiger partial charge in [0, 0.05) is 23.5 Å². The highest BCUT2D eigenvalue weighted by molar-refractivity contribution is 5.99. The number of hydrogen-bond donors (Lipinski definition) is 2. The first-order valence-corrected chi connectivity index (χ1v) is 15.8. The first-order chi connectivity index (χ1) is 19.3. The maximum Gasteiger partial charge on any atom is 0.230 e. The third kappa shape index (κ3) is 4.26. The molecule has 8 aliphatic carbocycles. The summed E-state index contributed by atoms with van der Waals surface area (Å²) in [6.45, 7) is 2.03. The third-order valence-electron chi connectivity index (χ3n) is 11.8. The van der Waals surface area contributed by atoms with Gasteiger partial charge in [-0.15, -0.1) is 0 Å². The minimum absolute atomic E-state index is 0.165. The summed E-state index contributed by atoms with van der Waals surface area (Å²) in [7, 11) is 0. The van der Waals surface area contributed by atoms with Gasteiger partial charge in [0.15, 0.2) is 0 Å². The molecule has 2 aromatic rings. The molecule has 0 radical (unpaired) electrons. The van der Waals surface area contributed by atoms with Crippen molar-refractivity contribution in [2.45, 2.75) is 84.0 Å². The maximum atomic E-state index is 13.9. The van der Waals surface area contributed by atoms with Crippen molar-refractivity contribution in [2.24, 2.45) is 46.3 Å². The molecule has 2 aromatic carbocycles. The van der Waals surface area contributed by atoms with Crippen LogP contribution < -0.4 is 15.4 Å². The minimum Gasteiger partial charge on any atom is -0.457 e. The molecule has 0 aromatic heterocycles. The summed E-state index contributed by atoms with van der Waals surface area (Å²) in [5.74, 6) is 6.02. The van der Waals surface area contributed by atoms with Gasteiger partial charge < -0.3 is 15.4 Å². The highest BCUT2D eigenvalue weighted by Gasteiger charge is 2.56. The number of para-hydroxylation sites is 1. The summed E-state index contributed by atoms with van der Waals surface area (Å²) in [4.78, 5) is 27.8. The standard InChI is InChI=1S/C35H42N2O3/c1-21-4-2-3-5-31(21)40-30-13-28(36-32(38)34-15-22-6-23(16-34)8-24(7-22)17-34)12-29(14-30)37-33(39)35-18-25-9-26(19-35)11-27(10-25)20-35/h2-5,12-14,22-27H,6-11,15-20H2,1H3,(H,36,38)(H,37,39). The number of nitrogens with one attached hydrogen (secondary N) is 2. The van der Waals surface area contributed by atoms with Gasteiger partial charge in [-0.1, -0.05) is 18.2 Å². The molecule has 5 nitrogen and oxygen atoms in total. The highest BCUT2D eigenvalue weighted by Crippen LogP contribution is 2.61. The van der Waals surface area contributed by atoms with Crippen LogP contribution in [0.2, 0.25) is 0 Å². The van der Waals surface area contributed by atoms with Gasteiger partial charge in [0.25, 0.3) is 0 Å². The third-order valence-corrected chi connectivity index (χ3v) is 11.8. The molecule has 8 aliphatic rings. The fourth-order valence-corrected chi connectivity index (χ4v) is 10.9. The molecule has 10 rings (SSSR count). The molecule has 0 saturated heterocycles. The van der Waals surface area contributed by atoms with Gasteiger partial charge in [-0.2, -0.15) is 0 Å². The van der Waals surface area contributed by atoms with Crippen LogP contribution in [-0.4, -0.2) is 11.8 Å². The molecule has 8 bridgehead atoms.